The molecule has 0 fully saturated rings. The van der Waals surface area contributed by atoms with Crippen molar-refractivity contribution in [2.75, 3.05) is 32.7 Å². The van der Waals surface area contributed by atoms with Crippen molar-refractivity contribution >= 4 is 5.96 Å². The van der Waals surface area contributed by atoms with Crippen LogP contribution in [-0.4, -0.2) is 54.0 Å². The average molecular weight is 226 g/mol. The molecule has 0 aliphatic carbocycles. The van der Waals surface area contributed by atoms with Gasteiger partial charge >= 0.3 is 0 Å². The zero-order valence-corrected chi connectivity index (χ0v) is 11.2. The van der Waals surface area contributed by atoms with E-state index in [0.717, 1.165) is 45.1 Å². The van der Waals surface area contributed by atoms with E-state index in [0.29, 0.717) is 0 Å². The first-order valence-corrected chi connectivity index (χ1v) is 6.37. The Morgan fingerprint density at radius 3 is 2.50 bits per heavy atom. The van der Waals surface area contributed by atoms with Crippen LogP contribution in [0.1, 0.15) is 34.1 Å². The minimum Gasteiger partial charge on any atom is -0.370 e. The Morgan fingerprint density at radius 1 is 1.38 bits per heavy atom. The van der Waals surface area contributed by atoms with Crippen molar-refractivity contribution in [3.8, 4) is 0 Å². The van der Waals surface area contributed by atoms with Crippen molar-refractivity contribution in [3.63, 3.8) is 0 Å². The van der Waals surface area contributed by atoms with Gasteiger partial charge in [0.25, 0.3) is 0 Å². The molecule has 0 radical (unpaired) electrons. The number of hydrogen-bond acceptors (Lipinski definition) is 4. The number of guanidine groups is 1. The minimum absolute atomic E-state index is 0.136. The van der Waals surface area contributed by atoms with Crippen LogP contribution in [0, 0.1) is 0 Å². The molecule has 4 nitrogen and oxygen atoms in total. The first kappa shape index (κ1) is 13.3. The summed E-state index contributed by atoms with van der Waals surface area (Å²) >= 11 is 0. The normalized spacial score (nSPS) is 25.3. The standard InChI is InChI=1S/C12H26N4/c1-5-12(4)10-14-11(13)16(12)9-8-15(6-2)7-3/h5-10H2,1-4H3,(H2,13,14). The van der Waals surface area contributed by atoms with Gasteiger partial charge in [-0.3, -0.25) is 4.99 Å². The minimum atomic E-state index is 0.136. The molecular weight excluding hydrogens is 200 g/mol. The maximum Gasteiger partial charge on any atom is 0.191 e. The Kier molecular flexibility index (Phi) is 4.59. The van der Waals surface area contributed by atoms with E-state index in [2.05, 4.69) is 42.5 Å². The summed E-state index contributed by atoms with van der Waals surface area (Å²) in [4.78, 5) is 9.06. The summed E-state index contributed by atoms with van der Waals surface area (Å²) in [6, 6.07) is 0. The molecule has 0 saturated carbocycles. The molecule has 4 heteroatoms. The summed E-state index contributed by atoms with van der Waals surface area (Å²) in [7, 11) is 0. The predicted octanol–water partition coefficient (Wildman–Crippen LogP) is 1.13. The average Bonchev–Trinajstić information content (AvgIpc) is 2.58. The maximum atomic E-state index is 5.96. The molecule has 0 aromatic rings. The van der Waals surface area contributed by atoms with E-state index in [9.17, 15) is 0 Å². The van der Waals surface area contributed by atoms with Gasteiger partial charge in [0.1, 0.15) is 0 Å². The quantitative estimate of drug-likeness (QED) is 0.738. The van der Waals surface area contributed by atoms with Crippen molar-refractivity contribution in [2.24, 2.45) is 10.7 Å². The monoisotopic (exact) mass is 226 g/mol. The van der Waals surface area contributed by atoms with Crippen LogP contribution >= 0.6 is 0 Å². The lowest BCUT2D eigenvalue weighted by molar-refractivity contribution is 0.183. The maximum absolute atomic E-state index is 5.96. The van der Waals surface area contributed by atoms with E-state index in [4.69, 9.17) is 5.73 Å². The lowest BCUT2D eigenvalue weighted by atomic mass is 9.98. The van der Waals surface area contributed by atoms with Gasteiger partial charge < -0.3 is 15.5 Å². The van der Waals surface area contributed by atoms with Crippen LogP contribution in [0.4, 0.5) is 0 Å². The zero-order chi connectivity index (χ0) is 12.2. The second-order valence-corrected chi connectivity index (χ2v) is 4.70. The van der Waals surface area contributed by atoms with Crippen LogP contribution in [0.2, 0.25) is 0 Å². The van der Waals surface area contributed by atoms with Gasteiger partial charge in [-0.2, -0.15) is 0 Å². The third-order valence-corrected chi connectivity index (χ3v) is 3.81. The molecule has 0 spiro atoms. The molecule has 0 amide bonds. The van der Waals surface area contributed by atoms with Crippen LogP contribution in [0.5, 0.6) is 0 Å². The van der Waals surface area contributed by atoms with Crippen molar-refractivity contribution < 1.29 is 0 Å². The summed E-state index contributed by atoms with van der Waals surface area (Å²) in [5.41, 5.74) is 6.09. The number of likely N-dealkylation sites (N-methyl/N-ethyl adjacent to an activating group) is 1. The number of nitrogens with zero attached hydrogens (tertiary/aromatic N) is 3. The van der Waals surface area contributed by atoms with Crippen molar-refractivity contribution in [3.05, 3.63) is 0 Å². The smallest absolute Gasteiger partial charge is 0.191 e. The third kappa shape index (κ3) is 2.67. The molecule has 1 atom stereocenters. The molecule has 0 saturated heterocycles. The molecule has 0 aromatic carbocycles. The summed E-state index contributed by atoms with van der Waals surface area (Å²) < 4.78 is 0. The summed E-state index contributed by atoms with van der Waals surface area (Å²) in [6.07, 6.45) is 1.09. The van der Waals surface area contributed by atoms with E-state index in [1.165, 1.54) is 0 Å². The third-order valence-electron chi connectivity index (χ3n) is 3.81. The molecule has 16 heavy (non-hydrogen) atoms. The predicted molar refractivity (Wildman–Crippen MR) is 69.7 cm³/mol. The molecule has 2 N–H and O–H groups in total. The number of rotatable bonds is 6. The molecule has 1 aliphatic rings. The van der Waals surface area contributed by atoms with E-state index in [1.807, 2.05) is 0 Å². The highest BCUT2D eigenvalue weighted by Crippen LogP contribution is 2.24. The molecule has 1 aliphatic heterocycles. The number of nitrogens with two attached hydrogens (primary N) is 1. The van der Waals surface area contributed by atoms with Gasteiger partial charge in [0.05, 0.1) is 12.1 Å². The van der Waals surface area contributed by atoms with E-state index in [1.54, 1.807) is 0 Å². The fourth-order valence-corrected chi connectivity index (χ4v) is 2.17. The Morgan fingerprint density at radius 2 is 2.00 bits per heavy atom. The van der Waals surface area contributed by atoms with Crippen LogP contribution in [0.25, 0.3) is 0 Å². The number of aliphatic imine (C=N–C) groups is 1. The second-order valence-electron chi connectivity index (χ2n) is 4.70. The Balaban J connectivity index is 2.54. The first-order valence-electron chi connectivity index (χ1n) is 6.37. The van der Waals surface area contributed by atoms with Crippen molar-refractivity contribution in [1.82, 2.24) is 9.80 Å². The molecular formula is C12H26N4. The highest BCUT2D eigenvalue weighted by atomic mass is 15.4. The van der Waals surface area contributed by atoms with Gasteiger partial charge in [-0.15, -0.1) is 0 Å². The van der Waals surface area contributed by atoms with Crippen molar-refractivity contribution in [1.29, 1.82) is 0 Å². The van der Waals surface area contributed by atoms with E-state index >= 15 is 0 Å². The summed E-state index contributed by atoms with van der Waals surface area (Å²) in [5, 5.41) is 0. The topological polar surface area (TPSA) is 44.9 Å². The molecule has 1 heterocycles. The van der Waals surface area contributed by atoms with Gasteiger partial charge in [-0.1, -0.05) is 20.8 Å². The van der Waals surface area contributed by atoms with Gasteiger partial charge in [-0.05, 0) is 26.4 Å². The lowest BCUT2D eigenvalue weighted by Crippen LogP contribution is -2.51. The van der Waals surface area contributed by atoms with E-state index in [-0.39, 0.29) is 5.54 Å². The molecule has 1 rings (SSSR count). The highest BCUT2D eigenvalue weighted by Gasteiger charge is 2.35. The fraction of sp³-hybridized carbons (Fsp3) is 0.917. The molecule has 1 unspecified atom stereocenters. The molecule has 0 bridgehead atoms. The van der Waals surface area contributed by atoms with Crippen LogP contribution in [-0.2, 0) is 0 Å². The van der Waals surface area contributed by atoms with Crippen LogP contribution in [0.3, 0.4) is 0 Å². The van der Waals surface area contributed by atoms with Gasteiger partial charge in [-0.25, -0.2) is 0 Å². The van der Waals surface area contributed by atoms with Gasteiger partial charge in [0, 0.05) is 13.1 Å². The first-order chi connectivity index (χ1) is 7.57. The van der Waals surface area contributed by atoms with Crippen molar-refractivity contribution in [2.45, 2.75) is 39.7 Å². The van der Waals surface area contributed by atoms with Gasteiger partial charge in [0.15, 0.2) is 5.96 Å². The Labute approximate surface area is 99.5 Å². The Bertz CT molecular complexity index is 247. The lowest BCUT2D eigenvalue weighted by Gasteiger charge is -2.36. The van der Waals surface area contributed by atoms with Crippen LogP contribution < -0.4 is 5.73 Å². The Hall–Kier alpha value is -0.770. The summed E-state index contributed by atoms with van der Waals surface area (Å²) in [6.45, 7) is 14.0. The highest BCUT2D eigenvalue weighted by molar-refractivity contribution is 5.80. The zero-order valence-electron chi connectivity index (χ0n) is 11.2. The number of hydrogen-bond donors (Lipinski definition) is 1. The second kappa shape index (κ2) is 5.53. The largest absolute Gasteiger partial charge is 0.370 e. The van der Waals surface area contributed by atoms with Crippen LogP contribution in [0.15, 0.2) is 4.99 Å². The SMILES string of the molecule is CCN(CC)CCN1C(N)=NCC1(C)CC. The van der Waals surface area contributed by atoms with E-state index < -0.39 is 0 Å². The molecule has 94 valence electrons. The fourth-order valence-electron chi connectivity index (χ4n) is 2.17. The van der Waals surface area contributed by atoms with Gasteiger partial charge in [0.2, 0.25) is 0 Å². The molecule has 0 aromatic heterocycles. The summed E-state index contributed by atoms with van der Waals surface area (Å²) in [5.74, 6) is 0.719.